The van der Waals surface area contributed by atoms with Crippen LogP contribution in [0.1, 0.15) is 62.5 Å². The lowest BCUT2D eigenvalue weighted by atomic mass is 9.85. The van der Waals surface area contributed by atoms with E-state index in [2.05, 4.69) is 15.5 Å². The maximum atomic E-state index is 13.3. The van der Waals surface area contributed by atoms with Gasteiger partial charge in [-0.05, 0) is 25.7 Å². The number of rotatable bonds is 5. The van der Waals surface area contributed by atoms with Crippen LogP contribution in [0.2, 0.25) is 0 Å². The van der Waals surface area contributed by atoms with Crippen LogP contribution in [-0.4, -0.2) is 27.1 Å². The zero-order valence-corrected chi connectivity index (χ0v) is 12.8. The van der Waals surface area contributed by atoms with Gasteiger partial charge in [0, 0.05) is 13.0 Å². The zero-order valence-electron chi connectivity index (χ0n) is 12.8. The number of nitrogens with one attached hydrogen (secondary N) is 1. The highest BCUT2D eigenvalue weighted by molar-refractivity contribution is 5.83. The van der Waals surface area contributed by atoms with E-state index in [4.69, 9.17) is 0 Å². The molecule has 1 aromatic heterocycles. The monoisotopic (exact) mass is 312 g/mol. The van der Waals surface area contributed by atoms with Crippen LogP contribution in [0.15, 0.2) is 0 Å². The lowest BCUT2D eigenvalue weighted by molar-refractivity contribution is -0.140. The molecule has 0 spiro atoms. The molecule has 1 amide bonds. The maximum Gasteiger partial charge on any atom is 0.252 e. The minimum atomic E-state index is -2.61. The van der Waals surface area contributed by atoms with Gasteiger partial charge in [-0.2, -0.15) is 0 Å². The number of nitrogens with zero attached hydrogens (tertiary/aromatic N) is 3. The Balaban J connectivity index is 1.64. The molecule has 2 aliphatic carbocycles. The average molecular weight is 312 g/mol. The predicted molar refractivity (Wildman–Crippen MR) is 76.3 cm³/mol. The predicted octanol–water partition coefficient (Wildman–Crippen LogP) is 2.52. The molecule has 0 aliphatic heterocycles. The van der Waals surface area contributed by atoms with E-state index < -0.39 is 17.7 Å². The molecule has 2 fully saturated rings. The lowest BCUT2D eigenvalue weighted by Crippen LogP contribution is -2.44. The second-order valence-electron chi connectivity index (χ2n) is 6.51. The van der Waals surface area contributed by atoms with Crippen LogP contribution >= 0.6 is 0 Å². The highest BCUT2D eigenvalue weighted by Crippen LogP contribution is 2.43. The Morgan fingerprint density at radius 3 is 2.55 bits per heavy atom. The van der Waals surface area contributed by atoms with Crippen molar-refractivity contribution in [1.29, 1.82) is 0 Å². The lowest BCUT2D eigenvalue weighted by Gasteiger charge is -2.26. The van der Waals surface area contributed by atoms with Crippen molar-refractivity contribution < 1.29 is 13.6 Å². The molecule has 0 saturated heterocycles. The summed E-state index contributed by atoms with van der Waals surface area (Å²) in [4.78, 5) is 12.3. The largest absolute Gasteiger partial charge is 0.348 e. The third-order valence-corrected chi connectivity index (χ3v) is 5.24. The second-order valence-corrected chi connectivity index (χ2v) is 6.51. The van der Waals surface area contributed by atoms with Crippen molar-refractivity contribution in [2.75, 3.05) is 0 Å². The van der Waals surface area contributed by atoms with Crippen LogP contribution in [0.3, 0.4) is 0 Å². The summed E-state index contributed by atoms with van der Waals surface area (Å²) in [7, 11) is 1.87. The SMILES string of the molecule is Cn1c(CNC(=O)C2(C(F)F)CCCC2)nnc1C1CCC1. The minimum Gasteiger partial charge on any atom is -0.348 e. The summed E-state index contributed by atoms with van der Waals surface area (Å²) in [5.74, 6) is 1.45. The van der Waals surface area contributed by atoms with Crippen molar-refractivity contribution in [2.45, 2.75) is 63.8 Å². The molecular formula is C15H22F2N4O. The summed E-state index contributed by atoms with van der Waals surface area (Å²) in [6.07, 6.45) is 2.74. The molecule has 0 radical (unpaired) electrons. The molecule has 0 atom stereocenters. The Morgan fingerprint density at radius 1 is 1.32 bits per heavy atom. The summed E-state index contributed by atoms with van der Waals surface area (Å²) in [5, 5.41) is 10.9. The van der Waals surface area contributed by atoms with Crippen molar-refractivity contribution in [1.82, 2.24) is 20.1 Å². The van der Waals surface area contributed by atoms with Crippen LogP contribution in [0.5, 0.6) is 0 Å². The van der Waals surface area contributed by atoms with E-state index in [0.29, 0.717) is 24.6 Å². The first-order valence-corrected chi connectivity index (χ1v) is 7.99. The number of aromatic nitrogens is 3. The van der Waals surface area contributed by atoms with E-state index in [1.165, 1.54) is 6.42 Å². The van der Waals surface area contributed by atoms with Crippen LogP contribution in [0, 0.1) is 5.41 Å². The molecule has 0 aromatic carbocycles. The van der Waals surface area contributed by atoms with Crippen LogP contribution < -0.4 is 5.32 Å². The Labute approximate surface area is 128 Å². The molecule has 1 aromatic rings. The van der Waals surface area contributed by atoms with Gasteiger partial charge in [-0.3, -0.25) is 4.79 Å². The molecule has 1 N–H and O–H groups in total. The Kier molecular flexibility index (Phi) is 4.14. The van der Waals surface area contributed by atoms with E-state index in [1.54, 1.807) is 0 Å². The summed E-state index contributed by atoms with van der Waals surface area (Å²) >= 11 is 0. The molecule has 2 aliphatic rings. The third-order valence-electron chi connectivity index (χ3n) is 5.24. The van der Waals surface area contributed by atoms with Crippen molar-refractivity contribution in [3.63, 3.8) is 0 Å². The Bertz CT molecular complexity index is 548. The molecule has 1 heterocycles. The molecule has 122 valence electrons. The van der Waals surface area contributed by atoms with E-state index in [9.17, 15) is 13.6 Å². The average Bonchev–Trinajstić information content (AvgIpc) is 3.04. The summed E-state index contributed by atoms with van der Waals surface area (Å²) in [6.45, 7) is 0.156. The first-order valence-electron chi connectivity index (χ1n) is 7.99. The minimum absolute atomic E-state index is 0.156. The van der Waals surface area contributed by atoms with Crippen molar-refractivity contribution in [2.24, 2.45) is 12.5 Å². The highest BCUT2D eigenvalue weighted by Gasteiger charge is 2.48. The molecule has 7 heteroatoms. The smallest absolute Gasteiger partial charge is 0.252 e. The number of hydrogen-bond acceptors (Lipinski definition) is 3. The van der Waals surface area contributed by atoms with E-state index in [1.807, 2.05) is 11.6 Å². The molecule has 22 heavy (non-hydrogen) atoms. The van der Waals surface area contributed by atoms with Gasteiger partial charge < -0.3 is 9.88 Å². The summed E-state index contributed by atoms with van der Waals surface area (Å²) < 4.78 is 28.5. The second kappa shape index (κ2) is 5.93. The quantitative estimate of drug-likeness (QED) is 0.909. The number of carbonyl (C=O) groups excluding carboxylic acids is 1. The van der Waals surface area contributed by atoms with Gasteiger partial charge in [-0.15, -0.1) is 10.2 Å². The van der Waals surface area contributed by atoms with Crippen LogP contribution in [-0.2, 0) is 18.4 Å². The van der Waals surface area contributed by atoms with E-state index in [-0.39, 0.29) is 19.4 Å². The van der Waals surface area contributed by atoms with Crippen LogP contribution in [0.25, 0.3) is 0 Å². The fourth-order valence-electron chi connectivity index (χ4n) is 3.44. The third kappa shape index (κ3) is 2.50. The molecule has 3 rings (SSSR count). The highest BCUT2D eigenvalue weighted by atomic mass is 19.3. The Morgan fingerprint density at radius 2 is 2.00 bits per heavy atom. The fraction of sp³-hybridized carbons (Fsp3) is 0.800. The number of amides is 1. The number of hydrogen-bond donors (Lipinski definition) is 1. The van der Waals surface area contributed by atoms with E-state index in [0.717, 1.165) is 18.7 Å². The number of alkyl halides is 2. The molecule has 5 nitrogen and oxygen atoms in total. The van der Waals surface area contributed by atoms with Crippen molar-refractivity contribution in [3.05, 3.63) is 11.6 Å². The topological polar surface area (TPSA) is 59.8 Å². The molecular weight excluding hydrogens is 290 g/mol. The maximum absolute atomic E-state index is 13.3. The standard InChI is InChI=1S/C15H22F2N4O/c1-21-11(19-20-12(21)10-5-4-6-10)9-18-14(22)15(13(16)17)7-2-3-8-15/h10,13H,2-9H2,1H3,(H,18,22). The van der Waals surface area contributed by atoms with Gasteiger partial charge in [0.1, 0.15) is 11.2 Å². The van der Waals surface area contributed by atoms with Gasteiger partial charge in [0.2, 0.25) is 5.91 Å². The fourth-order valence-corrected chi connectivity index (χ4v) is 3.44. The molecule has 2 saturated carbocycles. The summed E-state index contributed by atoms with van der Waals surface area (Å²) in [6, 6.07) is 0. The van der Waals surface area contributed by atoms with Gasteiger partial charge in [0.15, 0.2) is 5.82 Å². The first kappa shape index (κ1) is 15.4. The van der Waals surface area contributed by atoms with Gasteiger partial charge in [-0.1, -0.05) is 19.3 Å². The van der Waals surface area contributed by atoms with E-state index >= 15 is 0 Å². The van der Waals surface area contributed by atoms with Gasteiger partial charge in [0.05, 0.1) is 6.54 Å². The zero-order chi connectivity index (χ0) is 15.7. The summed E-state index contributed by atoms with van der Waals surface area (Å²) in [5.41, 5.74) is -1.50. The number of carbonyl (C=O) groups is 1. The van der Waals surface area contributed by atoms with Crippen LogP contribution in [0.4, 0.5) is 8.78 Å². The normalized spacial score (nSPS) is 21.1. The molecule has 0 bridgehead atoms. The van der Waals surface area contributed by atoms with Crippen molar-refractivity contribution >= 4 is 5.91 Å². The number of halogens is 2. The Hall–Kier alpha value is -1.53. The van der Waals surface area contributed by atoms with Gasteiger partial charge in [0.25, 0.3) is 6.43 Å². The van der Waals surface area contributed by atoms with Gasteiger partial charge in [-0.25, -0.2) is 8.78 Å². The van der Waals surface area contributed by atoms with Crippen molar-refractivity contribution in [3.8, 4) is 0 Å². The van der Waals surface area contributed by atoms with Gasteiger partial charge >= 0.3 is 0 Å². The molecule has 0 unspecified atom stereocenters. The first-order chi connectivity index (χ1) is 10.5.